The largest absolute Gasteiger partial charge is 0.466 e. The van der Waals surface area contributed by atoms with Crippen molar-refractivity contribution >= 4 is 11.9 Å². The maximum Gasteiger partial charge on any atom is 0.305 e. The van der Waals surface area contributed by atoms with Crippen LogP contribution in [-0.2, 0) is 14.3 Å². The van der Waals surface area contributed by atoms with Gasteiger partial charge in [0.25, 0.3) is 0 Å². The molecule has 0 aromatic carbocycles. The summed E-state index contributed by atoms with van der Waals surface area (Å²) >= 11 is 0. The van der Waals surface area contributed by atoms with Gasteiger partial charge in [-0.3, -0.25) is 9.59 Å². The van der Waals surface area contributed by atoms with Gasteiger partial charge in [0.2, 0.25) is 5.91 Å². The van der Waals surface area contributed by atoms with Crippen molar-refractivity contribution in [2.75, 3.05) is 13.2 Å². The average molecular weight is 901 g/mol. The molecule has 6 nitrogen and oxygen atoms in total. The summed E-state index contributed by atoms with van der Waals surface area (Å²) in [5, 5.41) is 23.1. The molecule has 0 aliphatic heterocycles. The van der Waals surface area contributed by atoms with Gasteiger partial charge in [-0.2, -0.15) is 0 Å². The summed E-state index contributed by atoms with van der Waals surface area (Å²) in [7, 11) is 0. The quantitative estimate of drug-likeness (QED) is 0.0321. The Hall–Kier alpha value is -1.92. The molecule has 0 aromatic heterocycles. The smallest absolute Gasteiger partial charge is 0.305 e. The van der Waals surface area contributed by atoms with E-state index in [1.54, 1.807) is 0 Å². The SMILES string of the molecule is CCCCCC/C=C\C/C=C\CCCCCCCC(=O)OCCCCCCCCCCCCC/C=C\CCCCCCCCCC(=O)NC(CO)C(O)CCCCCCCCCCC. The topological polar surface area (TPSA) is 95.9 Å². The maximum atomic E-state index is 12.4. The van der Waals surface area contributed by atoms with Crippen molar-refractivity contribution in [1.82, 2.24) is 5.32 Å². The lowest BCUT2D eigenvalue weighted by molar-refractivity contribution is -0.143. The molecule has 0 spiro atoms. The number of aliphatic hydroxyl groups excluding tert-OH is 2. The molecule has 2 atom stereocenters. The number of amides is 1. The lowest BCUT2D eigenvalue weighted by atomic mass is 10.0. The molecule has 0 saturated carbocycles. The van der Waals surface area contributed by atoms with E-state index in [4.69, 9.17) is 4.74 Å². The van der Waals surface area contributed by atoms with Crippen LogP contribution in [0.15, 0.2) is 36.5 Å². The van der Waals surface area contributed by atoms with Gasteiger partial charge in [0.05, 0.1) is 25.4 Å². The van der Waals surface area contributed by atoms with E-state index >= 15 is 0 Å². The van der Waals surface area contributed by atoms with E-state index < -0.39 is 12.1 Å². The molecule has 64 heavy (non-hydrogen) atoms. The van der Waals surface area contributed by atoms with Gasteiger partial charge < -0.3 is 20.3 Å². The van der Waals surface area contributed by atoms with Gasteiger partial charge in [0, 0.05) is 12.8 Å². The van der Waals surface area contributed by atoms with Gasteiger partial charge >= 0.3 is 5.97 Å². The molecule has 2 unspecified atom stereocenters. The standard InChI is InChI=1S/C58H109NO5/c1-3-5-7-9-11-13-14-15-16-26-29-32-36-40-44-48-52-58(63)64-53-49-45-41-37-33-30-27-24-22-20-18-17-19-21-23-25-28-31-35-39-43-47-51-57(62)59-55(54-60)56(61)50-46-42-38-34-12-10-8-6-4-2/h13-14,16,19,21,26,55-56,60-61H,3-12,15,17-18,20,22-25,27-54H2,1-2H3,(H,59,62)/b14-13-,21-19-,26-16-. The number of ether oxygens (including phenoxy) is 1. The minimum Gasteiger partial charge on any atom is -0.466 e. The summed E-state index contributed by atoms with van der Waals surface area (Å²) < 4.78 is 5.47. The first-order chi connectivity index (χ1) is 31.5. The van der Waals surface area contributed by atoms with Crippen molar-refractivity contribution < 1.29 is 24.5 Å². The Kier molecular flexibility index (Phi) is 52.1. The number of hydrogen-bond acceptors (Lipinski definition) is 5. The summed E-state index contributed by atoms with van der Waals surface area (Å²) in [6.07, 6.45) is 65.7. The van der Waals surface area contributed by atoms with Crippen LogP contribution in [0.3, 0.4) is 0 Å². The molecule has 0 heterocycles. The second-order valence-electron chi connectivity index (χ2n) is 19.3. The zero-order valence-electron chi connectivity index (χ0n) is 42.8. The average Bonchev–Trinajstić information content (AvgIpc) is 3.29. The first-order valence-corrected chi connectivity index (χ1v) is 28.2. The Balaban J connectivity index is 3.40. The van der Waals surface area contributed by atoms with Crippen LogP contribution in [-0.4, -0.2) is 47.4 Å². The fourth-order valence-corrected chi connectivity index (χ4v) is 8.55. The minimum atomic E-state index is -0.666. The predicted molar refractivity (Wildman–Crippen MR) is 278 cm³/mol. The van der Waals surface area contributed by atoms with E-state index in [-0.39, 0.29) is 18.5 Å². The van der Waals surface area contributed by atoms with E-state index in [0.29, 0.717) is 25.9 Å². The number of allylic oxidation sites excluding steroid dienone is 6. The third-order valence-electron chi connectivity index (χ3n) is 12.9. The number of aliphatic hydroxyl groups is 2. The molecule has 0 rings (SSSR count). The molecular weight excluding hydrogens is 791 g/mol. The van der Waals surface area contributed by atoms with Crippen molar-refractivity contribution in [2.24, 2.45) is 0 Å². The fourth-order valence-electron chi connectivity index (χ4n) is 8.55. The van der Waals surface area contributed by atoms with Crippen molar-refractivity contribution in [1.29, 1.82) is 0 Å². The fraction of sp³-hybridized carbons (Fsp3) is 0.862. The highest BCUT2D eigenvalue weighted by Crippen LogP contribution is 2.16. The Morgan fingerprint density at radius 1 is 0.438 bits per heavy atom. The van der Waals surface area contributed by atoms with E-state index in [1.165, 1.54) is 212 Å². The summed E-state index contributed by atoms with van der Waals surface area (Å²) in [5.41, 5.74) is 0. The molecule has 376 valence electrons. The molecule has 3 N–H and O–H groups in total. The summed E-state index contributed by atoms with van der Waals surface area (Å²) in [6, 6.07) is -0.545. The van der Waals surface area contributed by atoms with Crippen molar-refractivity contribution in [3.63, 3.8) is 0 Å². The highest BCUT2D eigenvalue weighted by molar-refractivity contribution is 5.76. The van der Waals surface area contributed by atoms with Gasteiger partial charge in [-0.1, -0.05) is 237 Å². The lowest BCUT2D eigenvalue weighted by Crippen LogP contribution is -2.45. The summed E-state index contributed by atoms with van der Waals surface area (Å²) in [5.74, 6) is -0.0489. The zero-order valence-corrected chi connectivity index (χ0v) is 42.8. The lowest BCUT2D eigenvalue weighted by Gasteiger charge is -2.22. The second kappa shape index (κ2) is 53.7. The van der Waals surface area contributed by atoms with Gasteiger partial charge in [0.15, 0.2) is 0 Å². The molecule has 0 saturated heterocycles. The Morgan fingerprint density at radius 3 is 1.22 bits per heavy atom. The minimum absolute atomic E-state index is 0.00398. The molecule has 6 heteroatoms. The molecule has 0 aliphatic rings. The molecule has 1 amide bonds. The molecule has 0 bridgehead atoms. The number of carbonyl (C=O) groups is 2. The Morgan fingerprint density at radius 2 is 0.781 bits per heavy atom. The van der Waals surface area contributed by atoms with Crippen LogP contribution in [0.25, 0.3) is 0 Å². The van der Waals surface area contributed by atoms with Crippen LogP contribution in [0.5, 0.6) is 0 Å². The molecule has 0 aromatic rings. The third kappa shape index (κ3) is 49.5. The number of hydrogen-bond donors (Lipinski definition) is 3. The first kappa shape index (κ1) is 62.1. The van der Waals surface area contributed by atoms with Crippen LogP contribution < -0.4 is 5.32 Å². The van der Waals surface area contributed by atoms with Gasteiger partial charge in [0.1, 0.15) is 0 Å². The number of nitrogens with one attached hydrogen (secondary N) is 1. The molecule has 0 fully saturated rings. The summed E-state index contributed by atoms with van der Waals surface area (Å²) in [6.45, 7) is 4.90. The van der Waals surface area contributed by atoms with Crippen LogP contribution in [0.2, 0.25) is 0 Å². The highest BCUT2D eigenvalue weighted by Gasteiger charge is 2.20. The third-order valence-corrected chi connectivity index (χ3v) is 12.9. The van der Waals surface area contributed by atoms with E-state index in [1.807, 2.05) is 0 Å². The van der Waals surface area contributed by atoms with Crippen LogP contribution in [0.1, 0.15) is 296 Å². The van der Waals surface area contributed by atoms with Crippen LogP contribution in [0, 0.1) is 0 Å². The summed E-state index contributed by atoms with van der Waals surface area (Å²) in [4.78, 5) is 24.4. The number of carbonyl (C=O) groups excluding carboxylic acids is 2. The van der Waals surface area contributed by atoms with Crippen LogP contribution >= 0.6 is 0 Å². The van der Waals surface area contributed by atoms with Gasteiger partial charge in [-0.05, 0) is 83.5 Å². The molecule has 0 radical (unpaired) electrons. The van der Waals surface area contributed by atoms with E-state index in [9.17, 15) is 19.8 Å². The van der Waals surface area contributed by atoms with Crippen molar-refractivity contribution in [2.45, 2.75) is 309 Å². The Labute approximate surface area is 398 Å². The van der Waals surface area contributed by atoms with Gasteiger partial charge in [-0.25, -0.2) is 0 Å². The van der Waals surface area contributed by atoms with Crippen LogP contribution in [0.4, 0.5) is 0 Å². The molecule has 0 aliphatic carbocycles. The second-order valence-corrected chi connectivity index (χ2v) is 19.3. The normalized spacial score (nSPS) is 12.9. The highest BCUT2D eigenvalue weighted by atomic mass is 16.5. The van der Waals surface area contributed by atoms with Gasteiger partial charge in [-0.15, -0.1) is 0 Å². The predicted octanol–water partition coefficient (Wildman–Crippen LogP) is 17.2. The first-order valence-electron chi connectivity index (χ1n) is 28.2. The maximum absolute atomic E-state index is 12.4. The number of unbranched alkanes of at least 4 members (excludes halogenated alkanes) is 35. The monoisotopic (exact) mass is 900 g/mol. The van der Waals surface area contributed by atoms with E-state index in [0.717, 1.165) is 51.4 Å². The Bertz CT molecular complexity index is 1040. The zero-order chi connectivity index (χ0) is 46.5. The number of rotatable bonds is 52. The number of esters is 1. The van der Waals surface area contributed by atoms with Crippen molar-refractivity contribution in [3.05, 3.63) is 36.5 Å². The van der Waals surface area contributed by atoms with Crippen molar-refractivity contribution in [3.8, 4) is 0 Å². The van der Waals surface area contributed by atoms with E-state index in [2.05, 4.69) is 55.6 Å². The molecular formula is C58H109NO5.